The summed E-state index contributed by atoms with van der Waals surface area (Å²) >= 11 is 0. The summed E-state index contributed by atoms with van der Waals surface area (Å²) in [5.74, 6) is -0.0226. The van der Waals surface area contributed by atoms with Crippen LogP contribution in [0.2, 0.25) is 0 Å². The van der Waals surface area contributed by atoms with E-state index in [-0.39, 0.29) is 11.3 Å². The van der Waals surface area contributed by atoms with E-state index in [2.05, 4.69) is 50.4 Å². The molecule has 0 saturated heterocycles. The van der Waals surface area contributed by atoms with Crippen molar-refractivity contribution in [2.24, 2.45) is 0 Å². The third-order valence-electron chi connectivity index (χ3n) is 4.87. The van der Waals surface area contributed by atoms with Gasteiger partial charge in [-0.2, -0.15) is 0 Å². The van der Waals surface area contributed by atoms with Crippen molar-refractivity contribution in [1.82, 2.24) is 0 Å². The number of amides is 1. The van der Waals surface area contributed by atoms with Crippen LogP contribution in [0.4, 0.5) is 5.69 Å². The summed E-state index contributed by atoms with van der Waals surface area (Å²) < 4.78 is 0. The van der Waals surface area contributed by atoms with E-state index in [0.29, 0.717) is 0 Å². The van der Waals surface area contributed by atoms with Gasteiger partial charge in [0.05, 0.1) is 0 Å². The molecule has 1 N–H and O–H groups in total. The van der Waals surface area contributed by atoms with Crippen LogP contribution >= 0.6 is 0 Å². The topological polar surface area (TPSA) is 29.1 Å². The van der Waals surface area contributed by atoms with Crippen molar-refractivity contribution >= 4 is 11.6 Å². The Hall–Kier alpha value is -2.09. The van der Waals surface area contributed by atoms with E-state index in [1.807, 2.05) is 18.2 Å². The fourth-order valence-corrected chi connectivity index (χ4v) is 3.31. The molecule has 1 aliphatic carbocycles. The van der Waals surface area contributed by atoms with E-state index in [9.17, 15) is 4.79 Å². The van der Waals surface area contributed by atoms with Crippen LogP contribution in [0.15, 0.2) is 42.5 Å². The van der Waals surface area contributed by atoms with Crippen molar-refractivity contribution < 1.29 is 4.79 Å². The van der Waals surface area contributed by atoms with Crippen molar-refractivity contribution in [2.45, 2.75) is 58.3 Å². The molecule has 0 saturated carbocycles. The summed E-state index contributed by atoms with van der Waals surface area (Å²) in [6, 6.07) is 14.3. The van der Waals surface area contributed by atoms with Gasteiger partial charge in [-0.3, -0.25) is 4.79 Å². The smallest absolute Gasteiger partial charge is 0.255 e. The lowest BCUT2D eigenvalue weighted by Crippen LogP contribution is -2.14. The Bertz CT molecular complexity index is 723. The van der Waals surface area contributed by atoms with Crippen LogP contribution in [0.1, 0.15) is 67.1 Å². The summed E-state index contributed by atoms with van der Waals surface area (Å²) in [5, 5.41) is 3.02. The second kappa shape index (κ2) is 6.80. The Balaban J connectivity index is 1.74. The second-order valence-electron chi connectivity index (χ2n) is 7.83. The number of benzene rings is 2. The van der Waals surface area contributed by atoms with E-state index < -0.39 is 0 Å². The van der Waals surface area contributed by atoms with Gasteiger partial charge in [0, 0.05) is 11.3 Å². The van der Waals surface area contributed by atoms with Crippen molar-refractivity contribution in [1.29, 1.82) is 0 Å². The number of anilines is 1. The van der Waals surface area contributed by atoms with E-state index in [0.717, 1.165) is 24.1 Å². The highest BCUT2D eigenvalue weighted by Gasteiger charge is 2.14. The maximum absolute atomic E-state index is 12.6. The van der Waals surface area contributed by atoms with Crippen molar-refractivity contribution in [3.63, 3.8) is 0 Å². The first-order valence-electron chi connectivity index (χ1n) is 8.97. The highest BCUT2D eigenvalue weighted by Crippen LogP contribution is 2.25. The van der Waals surface area contributed by atoms with Crippen molar-refractivity contribution in [3.8, 4) is 0 Å². The van der Waals surface area contributed by atoms with Gasteiger partial charge in [-0.1, -0.05) is 45.4 Å². The van der Waals surface area contributed by atoms with Gasteiger partial charge in [0.15, 0.2) is 0 Å². The highest BCUT2D eigenvalue weighted by atomic mass is 16.1. The van der Waals surface area contributed by atoms with Gasteiger partial charge in [0.25, 0.3) is 5.91 Å². The van der Waals surface area contributed by atoms with Crippen LogP contribution in [0.25, 0.3) is 0 Å². The molecule has 0 atom stereocenters. The molecule has 2 aromatic carbocycles. The van der Waals surface area contributed by atoms with E-state index in [1.54, 1.807) is 0 Å². The first-order valence-corrected chi connectivity index (χ1v) is 8.97. The Kier molecular flexibility index (Phi) is 4.75. The summed E-state index contributed by atoms with van der Waals surface area (Å²) in [5.41, 5.74) is 5.77. The average Bonchev–Trinajstić information content (AvgIpc) is 2.79. The van der Waals surface area contributed by atoms with Gasteiger partial charge in [0.1, 0.15) is 0 Å². The number of hydrogen-bond donors (Lipinski definition) is 1. The fraction of sp³-hybridized carbons (Fsp3) is 0.409. The molecule has 0 unspecified atom stereocenters. The zero-order valence-electron chi connectivity index (χ0n) is 15.0. The van der Waals surface area contributed by atoms with E-state index in [4.69, 9.17) is 0 Å². The van der Waals surface area contributed by atoms with Crippen molar-refractivity contribution in [3.05, 3.63) is 64.7 Å². The third kappa shape index (κ3) is 3.87. The molecule has 0 spiro atoms. The number of aryl methyl sites for hydroxylation is 2. The highest BCUT2D eigenvalue weighted by molar-refractivity contribution is 6.04. The minimum Gasteiger partial charge on any atom is -0.322 e. The van der Waals surface area contributed by atoms with Crippen LogP contribution in [-0.4, -0.2) is 5.91 Å². The first-order chi connectivity index (χ1) is 11.4. The Morgan fingerprint density at radius 2 is 1.54 bits per heavy atom. The zero-order chi connectivity index (χ0) is 17.2. The van der Waals surface area contributed by atoms with Gasteiger partial charge in [-0.25, -0.2) is 0 Å². The van der Waals surface area contributed by atoms with Gasteiger partial charge >= 0.3 is 0 Å². The first kappa shape index (κ1) is 16.8. The van der Waals surface area contributed by atoms with Gasteiger partial charge < -0.3 is 5.32 Å². The van der Waals surface area contributed by atoms with Gasteiger partial charge in [0.2, 0.25) is 0 Å². The normalized spacial score (nSPS) is 14.6. The lowest BCUT2D eigenvalue weighted by molar-refractivity contribution is 0.102. The molecule has 0 radical (unpaired) electrons. The molecule has 1 aliphatic rings. The summed E-state index contributed by atoms with van der Waals surface area (Å²) in [4.78, 5) is 12.6. The molecule has 126 valence electrons. The largest absolute Gasteiger partial charge is 0.322 e. The predicted octanol–water partition coefficient (Wildman–Crippen LogP) is 5.51. The molecule has 2 heteroatoms. The molecule has 3 rings (SSSR count). The Morgan fingerprint density at radius 3 is 2.21 bits per heavy atom. The molecule has 2 aromatic rings. The lowest BCUT2D eigenvalue weighted by Gasteiger charge is -2.19. The number of nitrogens with one attached hydrogen (secondary N) is 1. The van der Waals surface area contributed by atoms with E-state index >= 15 is 0 Å². The quantitative estimate of drug-likeness (QED) is 0.726. The third-order valence-corrected chi connectivity index (χ3v) is 4.87. The lowest BCUT2D eigenvalue weighted by atomic mass is 9.87. The predicted molar refractivity (Wildman–Crippen MR) is 101 cm³/mol. The van der Waals surface area contributed by atoms with Crippen LogP contribution in [-0.2, 0) is 18.3 Å². The van der Waals surface area contributed by atoms with Gasteiger partial charge in [-0.15, -0.1) is 0 Å². The number of rotatable bonds is 2. The molecular formula is C22H27NO. The Morgan fingerprint density at radius 1 is 0.875 bits per heavy atom. The SMILES string of the molecule is CC(C)(C)c1ccc(NC(=O)c2ccc3c(c2)CCCCC3)cc1. The molecule has 1 amide bonds. The van der Waals surface area contributed by atoms with Crippen LogP contribution in [0.5, 0.6) is 0 Å². The number of fused-ring (bicyclic) bond motifs is 1. The minimum atomic E-state index is -0.0226. The molecule has 0 heterocycles. The summed E-state index contributed by atoms with van der Waals surface area (Å²) in [7, 11) is 0. The van der Waals surface area contributed by atoms with Gasteiger partial charge in [-0.05, 0) is 72.1 Å². The minimum absolute atomic E-state index is 0.0226. The number of hydrogen-bond acceptors (Lipinski definition) is 1. The second-order valence-corrected chi connectivity index (χ2v) is 7.83. The Labute approximate surface area is 145 Å². The molecule has 0 bridgehead atoms. The van der Waals surface area contributed by atoms with Crippen LogP contribution in [0.3, 0.4) is 0 Å². The molecule has 24 heavy (non-hydrogen) atoms. The molecule has 0 aromatic heterocycles. The number of carbonyl (C=O) groups is 1. The monoisotopic (exact) mass is 321 g/mol. The van der Waals surface area contributed by atoms with Crippen LogP contribution in [0, 0.1) is 0 Å². The molecular weight excluding hydrogens is 294 g/mol. The summed E-state index contributed by atoms with van der Waals surface area (Å²) in [6.45, 7) is 6.57. The molecule has 2 nitrogen and oxygen atoms in total. The maximum atomic E-state index is 12.6. The summed E-state index contributed by atoms with van der Waals surface area (Å²) in [6.07, 6.45) is 6.02. The molecule has 0 aliphatic heterocycles. The standard InChI is InChI=1S/C22H27NO/c1-22(2,3)19-11-13-20(14-12-19)23-21(24)18-10-9-16-7-5-4-6-8-17(16)15-18/h9-15H,4-8H2,1-3H3,(H,23,24). The van der Waals surface area contributed by atoms with Crippen molar-refractivity contribution in [2.75, 3.05) is 5.32 Å². The number of carbonyl (C=O) groups excluding carboxylic acids is 1. The van der Waals surface area contributed by atoms with E-state index in [1.165, 1.54) is 36.0 Å². The van der Waals surface area contributed by atoms with Crippen LogP contribution < -0.4 is 5.32 Å². The zero-order valence-corrected chi connectivity index (χ0v) is 15.0. The molecule has 0 fully saturated rings. The fourth-order valence-electron chi connectivity index (χ4n) is 3.31. The maximum Gasteiger partial charge on any atom is 0.255 e. The average molecular weight is 321 g/mol.